The standard InChI is InChI=1S/C11H18N4O/c1-7(2)15-10(16)6-8(12)11(15)9-4-5-13-14(9)3/h4-5,7-8,11H,6,12H2,1-3H3/t8-,11-/m0/s1. The zero-order valence-corrected chi connectivity index (χ0v) is 9.92. The highest BCUT2D eigenvalue weighted by molar-refractivity contribution is 5.80. The van der Waals surface area contributed by atoms with Crippen LogP contribution in [0.15, 0.2) is 12.3 Å². The van der Waals surface area contributed by atoms with Crippen molar-refractivity contribution in [3.8, 4) is 0 Å². The van der Waals surface area contributed by atoms with E-state index in [1.165, 1.54) is 0 Å². The fraction of sp³-hybridized carbons (Fsp3) is 0.636. The zero-order chi connectivity index (χ0) is 11.9. The van der Waals surface area contributed by atoms with Gasteiger partial charge in [-0.25, -0.2) is 0 Å². The molecule has 0 saturated carbocycles. The molecular formula is C11H18N4O. The molecule has 1 aliphatic rings. The minimum atomic E-state index is -0.134. The smallest absolute Gasteiger partial charge is 0.225 e. The van der Waals surface area contributed by atoms with Crippen molar-refractivity contribution in [1.82, 2.24) is 14.7 Å². The second kappa shape index (κ2) is 3.90. The number of carbonyl (C=O) groups excluding carboxylic acids is 1. The first kappa shape index (κ1) is 11.1. The number of carbonyl (C=O) groups is 1. The van der Waals surface area contributed by atoms with Crippen LogP contribution in [0.4, 0.5) is 0 Å². The van der Waals surface area contributed by atoms with Gasteiger partial charge in [0.1, 0.15) is 0 Å². The summed E-state index contributed by atoms with van der Waals surface area (Å²) >= 11 is 0. The normalized spacial score (nSPS) is 25.8. The molecule has 5 nitrogen and oxygen atoms in total. The molecule has 1 aromatic heterocycles. The van der Waals surface area contributed by atoms with Crippen LogP contribution in [-0.4, -0.2) is 32.7 Å². The molecule has 1 fully saturated rings. The van der Waals surface area contributed by atoms with E-state index in [0.717, 1.165) is 5.69 Å². The van der Waals surface area contributed by atoms with Crippen molar-refractivity contribution in [3.63, 3.8) is 0 Å². The predicted octanol–water partition coefficient (Wildman–Crippen LogP) is 0.429. The summed E-state index contributed by atoms with van der Waals surface area (Å²) in [4.78, 5) is 13.7. The number of rotatable bonds is 2. The van der Waals surface area contributed by atoms with Crippen LogP contribution < -0.4 is 5.73 Å². The monoisotopic (exact) mass is 222 g/mol. The Hall–Kier alpha value is -1.36. The molecule has 0 bridgehead atoms. The van der Waals surface area contributed by atoms with E-state index in [1.54, 1.807) is 10.9 Å². The van der Waals surface area contributed by atoms with Crippen LogP contribution in [0.25, 0.3) is 0 Å². The number of nitrogens with zero attached hydrogens (tertiary/aromatic N) is 3. The molecule has 2 heterocycles. The van der Waals surface area contributed by atoms with Crippen LogP contribution >= 0.6 is 0 Å². The third-order valence-electron chi connectivity index (χ3n) is 3.12. The van der Waals surface area contributed by atoms with E-state index in [4.69, 9.17) is 5.73 Å². The molecule has 1 amide bonds. The molecule has 88 valence electrons. The largest absolute Gasteiger partial charge is 0.330 e. The Morgan fingerprint density at radius 3 is 2.75 bits per heavy atom. The maximum atomic E-state index is 11.9. The summed E-state index contributed by atoms with van der Waals surface area (Å²) in [7, 11) is 1.88. The molecule has 2 rings (SSSR count). The van der Waals surface area contributed by atoms with E-state index >= 15 is 0 Å². The first-order chi connectivity index (χ1) is 7.52. The number of hydrogen-bond donors (Lipinski definition) is 1. The van der Waals surface area contributed by atoms with Crippen LogP contribution in [0, 0.1) is 0 Å². The number of aromatic nitrogens is 2. The molecule has 0 aliphatic carbocycles. The van der Waals surface area contributed by atoms with Crippen LogP contribution in [0.1, 0.15) is 32.0 Å². The summed E-state index contributed by atoms with van der Waals surface area (Å²) in [5, 5.41) is 4.14. The number of likely N-dealkylation sites (tertiary alicyclic amines) is 1. The van der Waals surface area contributed by atoms with E-state index < -0.39 is 0 Å². The summed E-state index contributed by atoms with van der Waals surface area (Å²) in [5.41, 5.74) is 7.06. The minimum Gasteiger partial charge on any atom is -0.330 e. The lowest BCUT2D eigenvalue weighted by atomic mass is 10.1. The Morgan fingerprint density at radius 2 is 2.25 bits per heavy atom. The maximum Gasteiger partial charge on any atom is 0.225 e. The van der Waals surface area contributed by atoms with Crippen molar-refractivity contribution in [2.24, 2.45) is 12.8 Å². The summed E-state index contributed by atoms with van der Waals surface area (Å²) < 4.78 is 1.79. The van der Waals surface area contributed by atoms with Gasteiger partial charge in [0.15, 0.2) is 0 Å². The predicted molar refractivity (Wildman–Crippen MR) is 60.5 cm³/mol. The maximum absolute atomic E-state index is 11.9. The van der Waals surface area contributed by atoms with Crippen molar-refractivity contribution < 1.29 is 4.79 Å². The fourth-order valence-corrected chi connectivity index (χ4v) is 2.43. The number of aryl methyl sites for hydroxylation is 1. The molecule has 1 aliphatic heterocycles. The molecule has 1 saturated heterocycles. The Morgan fingerprint density at radius 1 is 1.56 bits per heavy atom. The summed E-state index contributed by atoms with van der Waals surface area (Å²) in [6.45, 7) is 4.03. The van der Waals surface area contributed by atoms with Crippen LogP contribution in [-0.2, 0) is 11.8 Å². The quantitative estimate of drug-likeness (QED) is 0.789. The third-order valence-corrected chi connectivity index (χ3v) is 3.12. The van der Waals surface area contributed by atoms with E-state index in [0.29, 0.717) is 6.42 Å². The number of hydrogen-bond acceptors (Lipinski definition) is 3. The fourth-order valence-electron chi connectivity index (χ4n) is 2.43. The summed E-state index contributed by atoms with van der Waals surface area (Å²) in [6.07, 6.45) is 2.16. The van der Waals surface area contributed by atoms with Crippen LogP contribution in [0.3, 0.4) is 0 Å². The molecule has 5 heteroatoms. The van der Waals surface area contributed by atoms with E-state index in [2.05, 4.69) is 5.10 Å². The van der Waals surface area contributed by atoms with Gasteiger partial charge < -0.3 is 10.6 Å². The van der Waals surface area contributed by atoms with E-state index in [9.17, 15) is 4.79 Å². The molecule has 16 heavy (non-hydrogen) atoms. The summed E-state index contributed by atoms with van der Waals surface area (Å²) in [6, 6.07) is 1.92. The Balaban J connectivity index is 2.38. The Bertz CT molecular complexity index is 398. The number of nitrogens with two attached hydrogens (primary N) is 1. The molecular weight excluding hydrogens is 204 g/mol. The van der Waals surface area contributed by atoms with Crippen molar-refractivity contribution in [2.45, 2.75) is 38.4 Å². The molecule has 0 aromatic carbocycles. The SMILES string of the molecule is CC(C)N1C(=O)C[C@H](N)[C@H]1c1ccnn1C. The average Bonchev–Trinajstić information content (AvgIpc) is 2.69. The molecule has 0 spiro atoms. The van der Waals surface area contributed by atoms with Gasteiger partial charge in [0.05, 0.1) is 11.7 Å². The first-order valence-corrected chi connectivity index (χ1v) is 5.57. The van der Waals surface area contributed by atoms with Gasteiger partial charge in [0.2, 0.25) is 5.91 Å². The van der Waals surface area contributed by atoms with Gasteiger partial charge in [-0.05, 0) is 19.9 Å². The van der Waals surface area contributed by atoms with Crippen molar-refractivity contribution in [3.05, 3.63) is 18.0 Å². The van der Waals surface area contributed by atoms with Crippen LogP contribution in [0.5, 0.6) is 0 Å². The highest BCUT2D eigenvalue weighted by Crippen LogP contribution is 2.33. The van der Waals surface area contributed by atoms with Crippen LogP contribution in [0.2, 0.25) is 0 Å². The van der Waals surface area contributed by atoms with Gasteiger partial charge in [0, 0.05) is 31.7 Å². The summed E-state index contributed by atoms with van der Waals surface area (Å²) in [5.74, 6) is 0.133. The van der Waals surface area contributed by atoms with E-state index in [1.807, 2.05) is 31.9 Å². The van der Waals surface area contributed by atoms with E-state index in [-0.39, 0.29) is 24.0 Å². The molecule has 0 radical (unpaired) electrons. The molecule has 2 atom stereocenters. The average molecular weight is 222 g/mol. The topological polar surface area (TPSA) is 64.2 Å². The zero-order valence-electron chi connectivity index (χ0n) is 9.92. The van der Waals surface area contributed by atoms with Gasteiger partial charge in [-0.3, -0.25) is 9.48 Å². The highest BCUT2D eigenvalue weighted by atomic mass is 16.2. The van der Waals surface area contributed by atoms with Crippen molar-refractivity contribution in [2.75, 3.05) is 0 Å². The second-order valence-corrected chi connectivity index (χ2v) is 4.59. The lowest BCUT2D eigenvalue weighted by Gasteiger charge is -2.30. The lowest BCUT2D eigenvalue weighted by Crippen LogP contribution is -2.38. The van der Waals surface area contributed by atoms with Crippen molar-refractivity contribution >= 4 is 5.91 Å². The van der Waals surface area contributed by atoms with Gasteiger partial charge in [-0.1, -0.05) is 0 Å². The molecule has 2 N–H and O–H groups in total. The van der Waals surface area contributed by atoms with Crippen molar-refractivity contribution in [1.29, 1.82) is 0 Å². The van der Waals surface area contributed by atoms with Gasteiger partial charge in [0.25, 0.3) is 0 Å². The second-order valence-electron chi connectivity index (χ2n) is 4.59. The molecule has 0 unspecified atom stereocenters. The van der Waals surface area contributed by atoms with Gasteiger partial charge in [-0.15, -0.1) is 0 Å². The highest BCUT2D eigenvalue weighted by Gasteiger charge is 2.41. The number of amides is 1. The molecule has 1 aromatic rings. The Kier molecular flexibility index (Phi) is 2.71. The van der Waals surface area contributed by atoms with Gasteiger partial charge in [-0.2, -0.15) is 5.10 Å². The lowest BCUT2D eigenvalue weighted by molar-refractivity contribution is -0.130. The van der Waals surface area contributed by atoms with Gasteiger partial charge >= 0.3 is 0 Å². The Labute approximate surface area is 95.2 Å². The third kappa shape index (κ3) is 1.61. The minimum absolute atomic E-state index is 0.0417. The first-order valence-electron chi connectivity index (χ1n) is 5.57.